The number of carbonyl (C=O) groups excluding carboxylic acids is 1. The van der Waals surface area contributed by atoms with Gasteiger partial charge in [-0.3, -0.25) is 18.9 Å². The number of carbonyl (C=O) groups is 1. The number of likely N-dealkylation sites (tertiary alicyclic amines) is 1. The van der Waals surface area contributed by atoms with Crippen molar-refractivity contribution in [2.45, 2.75) is 45.8 Å². The lowest BCUT2D eigenvalue weighted by Gasteiger charge is -2.39. The van der Waals surface area contributed by atoms with Crippen molar-refractivity contribution in [3.63, 3.8) is 0 Å². The Balaban J connectivity index is 0.00000450. The number of nitrogens with one attached hydrogen (secondary N) is 1. The summed E-state index contributed by atoms with van der Waals surface area (Å²) in [6.45, 7) is 16.9. The Morgan fingerprint density at radius 3 is 2.13 bits per heavy atom. The summed E-state index contributed by atoms with van der Waals surface area (Å²) in [5, 5.41) is 3.35. The van der Waals surface area contributed by atoms with E-state index in [-0.39, 0.29) is 34.6 Å². The minimum Gasteiger partial charge on any atom is -0.355 e. The molecule has 0 radical (unpaired) electrons. The quantitative estimate of drug-likeness (QED) is 0.319. The van der Waals surface area contributed by atoms with Gasteiger partial charge in [-0.05, 0) is 39.0 Å². The van der Waals surface area contributed by atoms with E-state index in [4.69, 9.17) is 0 Å². The van der Waals surface area contributed by atoms with Gasteiger partial charge >= 0.3 is 0 Å². The first-order valence-corrected chi connectivity index (χ1v) is 12.3. The van der Waals surface area contributed by atoms with Gasteiger partial charge in [0.15, 0.2) is 5.96 Å². The number of hydrogen-bond donors (Lipinski definition) is 1. The number of amides is 1. The van der Waals surface area contributed by atoms with Crippen LogP contribution in [0.4, 0.5) is 0 Å². The van der Waals surface area contributed by atoms with Crippen LogP contribution in [0, 0.1) is 11.8 Å². The highest BCUT2D eigenvalue weighted by Gasteiger charge is 2.28. The Kier molecular flexibility index (Phi) is 11.6. The number of aliphatic imine (C=N–C) groups is 1. The lowest BCUT2D eigenvalue weighted by molar-refractivity contribution is -0.135. The third-order valence-electron chi connectivity index (χ3n) is 5.72. The molecule has 0 aromatic rings. The largest absolute Gasteiger partial charge is 0.355 e. The van der Waals surface area contributed by atoms with Gasteiger partial charge in [0.05, 0.1) is 6.54 Å². The summed E-state index contributed by atoms with van der Waals surface area (Å²) in [4.78, 5) is 23.6. The molecule has 2 fully saturated rings. The van der Waals surface area contributed by atoms with Gasteiger partial charge in [-0.25, -0.2) is 0 Å². The molecular weight excluding hydrogens is 513 g/mol. The van der Waals surface area contributed by atoms with Gasteiger partial charge in [0.25, 0.3) is 0 Å². The zero-order chi connectivity index (χ0) is 21.6. The van der Waals surface area contributed by atoms with Crippen molar-refractivity contribution in [2.24, 2.45) is 16.8 Å². The van der Waals surface area contributed by atoms with Gasteiger partial charge in [-0.15, -0.1) is 24.0 Å². The second-order valence-corrected chi connectivity index (χ2v) is 12.0. The van der Waals surface area contributed by atoms with E-state index in [2.05, 4.69) is 38.9 Å². The monoisotopic (exact) mass is 555 g/mol. The van der Waals surface area contributed by atoms with E-state index < -0.39 is 10.8 Å². The molecule has 2 saturated heterocycles. The van der Waals surface area contributed by atoms with E-state index in [1.165, 1.54) is 6.42 Å². The van der Waals surface area contributed by atoms with Gasteiger partial charge in [0, 0.05) is 74.2 Å². The van der Waals surface area contributed by atoms with Crippen molar-refractivity contribution in [1.82, 2.24) is 20.0 Å². The molecule has 0 aromatic heterocycles. The highest BCUT2D eigenvalue weighted by atomic mass is 127. The van der Waals surface area contributed by atoms with Gasteiger partial charge in [0.1, 0.15) is 0 Å². The molecule has 2 heterocycles. The third-order valence-corrected chi connectivity index (χ3v) is 7.66. The van der Waals surface area contributed by atoms with E-state index in [1.54, 1.807) is 7.05 Å². The molecule has 0 spiro atoms. The third kappa shape index (κ3) is 8.61. The SMILES string of the molecule is CN=C(NCCS(=O)C(C)(C)C)N1CCN(CC(=O)N2CC(C)CC(C)C2)CC1.I. The molecule has 2 aliphatic heterocycles. The molecule has 7 nitrogen and oxygen atoms in total. The molecule has 0 aliphatic carbocycles. The lowest BCUT2D eigenvalue weighted by Crippen LogP contribution is -2.55. The minimum absolute atomic E-state index is 0. The topological polar surface area (TPSA) is 68.2 Å². The number of nitrogens with zero attached hydrogens (tertiary/aromatic N) is 4. The van der Waals surface area contributed by atoms with Gasteiger partial charge < -0.3 is 15.1 Å². The average molecular weight is 556 g/mol. The maximum Gasteiger partial charge on any atom is 0.236 e. The highest BCUT2D eigenvalue weighted by molar-refractivity contribution is 14.0. The maximum atomic E-state index is 12.7. The van der Waals surface area contributed by atoms with Crippen LogP contribution in [0.1, 0.15) is 41.0 Å². The molecule has 1 amide bonds. The van der Waals surface area contributed by atoms with Crippen LogP contribution in [0.25, 0.3) is 0 Å². The van der Waals surface area contributed by atoms with Crippen molar-refractivity contribution in [3.8, 4) is 0 Å². The summed E-state index contributed by atoms with van der Waals surface area (Å²) in [5.41, 5.74) is 0. The van der Waals surface area contributed by atoms with Crippen molar-refractivity contribution < 1.29 is 9.00 Å². The Morgan fingerprint density at radius 1 is 1.07 bits per heavy atom. The van der Waals surface area contributed by atoms with E-state index in [1.807, 2.05) is 20.8 Å². The zero-order valence-electron chi connectivity index (χ0n) is 19.6. The van der Waals surface area contributed by atoms with Crippen LogP contribution in [0.15, 0.2) is 4.99 Å². The molecule has 0 saturated carbocycles. The summed E-state index contributed by atoms with van der Waals surface area (Å²) in [6, 6.07) is 0. The van der Waals surface area contributed by atoms with E-state index in [0.29, 0.717) is 30.7 Å². The van der Waals surface area contributed by atoms with Crippen LogP contribution in [0.2, 0.25) is 0 Å². The normalized spacial score (nSPS) is 24.9. The molecule has 30 heavy (non-hydrogen) atoms. The average Bonchev–Trinajstić information content (AvgIpc) is 2.64. The number of rotatable bonds is 5. The Labute approximate surface area is 202 Å². The summed E-state index contributed by atoms with van der Waals surface area (Å²) < 4.78 is 12.0. The Bertz CT molecular complexity index is 593. The maximum absolute atomic E-state index is 12.7. The van der Waals surface area contributed by atoms with Crippen molar-refractivity contribution in [1.29, 1.82) is 0 Å². The molecule has 0 aromatic carbocycles. The Hall–Kier alpha value is -0.420. The molecule has 3 atom stereocenters. The number of piperidine rings is 1. The van der Waals surface area contributed by atoms with Crippen LogP contribution in [-0.2, 0) is 15.6 Å². The molecule has 0 bridgehead atoms. The van der Waals surface area contributed by atoms with Crippen LogP contribution in [0.3, 0.4) is 0 Å². The number of guanidine groups is 1. The zero-order valence-corrected chi connectivity index (χ0v) is 22.8. The molecule has 9 heteroatoms. The number of piperazine rings is 1. The standard InChI is InChI=1S/C21H41N5O2S.HI/c1-17-13-18(2)15-26(14-17)19(27)16-24-8-10-25(11-9-24)20(22-6)23-7-12-29(28)21(3,4)5;/h17-18H,7-16H2,1-6H3,(H,22,23);1H. The molecule has 176 valence electrons. The summed E-state index contributed by atoms with van der Waals surface area (Å²) in [5.74, 6) is 2.94. The highest BCUT2D eigenvalue weighted by Crippen LogP contribution is 2.21. The van der Waals surface area contributed by atoms with Crippen molar-refractivity contribution in [2.75, 3.05) is 65.2 Å². The molecular formula is C21H42IN5O2S. The first-order valence-electron chi connectivity index (χ1n) is 10.9. The fourth-order valence-corrected chi connectivity index (χ4v) is 5.07. The summed E-state index contributed by atoms with van der Waals surface area (Å²) in [6.07, 6.45) is 1.22. The van der Waals surface area contributed by atoms with Gasteiger partial charge in [-0.2, -0.15) is 0 Å². The van der Waals surface area contributed by atoms with E-state index in [9.17, 15) is 9.00 Å². The predicted octanol–water partition coefficient (Wildman–Crippen LogP) is 1.85. The summed E-state index contributed by atoms with van der Waals surface area (Å²) in [7, 11) is 0.922. The molecule has 2 rings (SSSR count). The molecule has 3 unspecified atom stereocenters. The first kappa shape index (κ1) is 27.6. The van der Waals surface area contributed by atoms with Crippen LogP contribution in [-0.4, -0.2) is 101 Å². The van der Waals surface area contributed by atoms with E-state index in [0.717, 1.165) is 45.2 Å². The van der Waals surface area contributed by atoms with Crippen molar-refractivity contribution in [3.05, 3.63) is 0 Å². The van der Waals surface area contributed by atoms with Crippen molar-refractivity contribution >= 4 is 46.6 Å². The molecule has 1 N–H and O–H groups in total. The van der Waals surface area contributed by atoms with Crippen LogP contribution in [0.5, 0.6) is 0 Å². The predicted molar refractivity (Wildman–Crippen MR) is 137 cm³/mol. The number of hydrogen-bond acceptors (Lipinski definition) is 4. The van der Waals surface area contributed by atoms with Gasteiger partial charge in [-0.1, -0.05) is 13.8 Å². The fourth-order valence-electron chi connectivity index (χ4n) is 4.17. The fraction of sp³-hybridized carbons (Fsp3) is 0.905. The van der Waals surface area contributed by atoms with Crippen LogP contribution < -0.4 is 5.32 Å². The minimum atomic E-state index is -0.867. The van der Waals surface area contributed by atoms with Gasteiger partial charge in [0.2, 0.25) is 5.91 Å². The molecule has 2 aliphatic rings. The second kappa shape index (κ2) is 12.6. The second-order valence-electron chi connectivity index (χ2n) is 9.64. The number of halogens is 1. The smallest absolute Gasteiger partial charge is 0.236 e. The lowest BCUT2D eigenvalue weighted by atomic mass is 9.92. The van der Waals surface area contributed by atoms with E-state index >= 15 is 0 Å². The first-order chi connectivity index (χ1) is 13.6. The van der Waals surface area contributed by atoms with Crippen LogP contribution >= 0.6 is 24.0 Å². The summed E-state index contributed by atoms with van der Waals surface area (Å²) >= 11 is 0. The Morgan fingerprint density at radius 2 is 1.63 bits per heavy atom.